The summed E-state index contributed by atoms with van der Waals surface area (Å²) in [4.78, 5) is 21.1. The summed E-state index contributed by atoms with van der Waals surface area (Å²) < 4.78 is 23.5. The number of aliphatic hydroxyl groups is 1. The third kappa shape index (κ3) is 6.08. The molecule has 1 aromatic carbocycles. The highest BCUT2D eigenvalue weighted by molar-refractivity contribution is 7.91. The van der Waals surface area contributed by atoms with Gasteiger partial charge < -0.3 is 21.1 Å². The first-order chi connectivity index (χ1) is 16.0. The lowest BCUT2D eigenvalue weighted by molar-refractivity contribution is 0.251. The Bertz CT molecular complexity index is 1230. The highest BCUT2D eigenvalue weighted by Crippen LogP contribution is 2.31. The molecular weight excluding hydrogens is 458 g/mol. The number of hydrogen-bond donors (Lipinski definition) is 5. The molecule has 0 bridgehead atoms. The van der Waals surface area contributed by atoms with Gasteiger partial charge in [0.05, 0.1) is 24.5 Å². The van der Waals surface area contributed by atoms with E-state index in [1.807, 2.05) is 0 Å². The van der Waals surface area contributed by atoms with Gasteiger partial charge in [-0.3, -0.25) is 5.10 Å². The number of urea groups is 1. The maximum Gasteiger partial charge on any atom is 0.319 e. The molecule has 3 rings (SSSR count). The van der Waals surface area contributed by atoms with Crippen LogP contribution in [0, 0.1) is 0 Å². The maximum absolute atomic E-state index is 12.4. The van der Waals surface area contributed by atoms with Crippen molar-refractivity contribution in [1.29, 1.82) is 0 Å². The first-order valence-corrected chi connectivity index (χ1v) is 12.5. The number of benzene rings is 1. The fourth-order valence-corrected chi connectivity index (χ4v) is 3.37. The number of sulfone groups is 1. The molecule has 2 amide bonds. The van der Waals surface area contributed by atoms with E-state index in [4.69, 9.17) is 0 Å². The number of H-pyrrole nitrogens is 1. The summed E-state index contributed by atoms with van der Waals surface area (Å²) in [6, 6.07) is 9.53. The van der Waals surface area contributed by atoms with Gasteiger partial charge in [0.25, 0.3) is 0 Å². The van der Waals surface area contributed by atoms with Crippen molar-refractivity contribution in [2.75, 3.05) is 23.5 Å². The van der Waals surface area contributed by atoms with E-state index in [-0.39, 0.29) is 25.2 Å². The van der Waals surface area contributed by atoms with Crippen molar-refractivity contribution < 1.29 is 18.3 Å². The number of aromatic nitrogens is 4. The molecule has 182 valence electrons. The van der Waals surface area contributed by atoms with Crippen LogP contribution < -0.4 is 16.0 Å². The van der Waals surface area contributed by atoms with Gasteiger partial charge in [0.15, 0.2) is 15.7 Å². The van der Waals surface area contributed by atoms with Crippen LogP contribution in [0.1, 0.15) is 32.2 Å². The Morgan fingerprint density at radius 2 is 1.88 bits per heavy atom. The van der Waals surface area contributed by atoms with Gasteiger partial charge in [-0.25, -0.2) is 23.2 Å². The molecule has 0 saturated heterocycles. The average molecular weight is 488 g/mol. The lowest BCUT2D eigenvalue weighted by atomic mass is 10.1. The molecule has 11 nitrogen and oxygen atoms in total. The molecule has 0 saturated carbocycles. The van der Waals surface area contributed by atoms with Crippen LogP contribution in [-0.2, 0) is 21.1 Å². The second kappa shape index (κ2) is 10.2. The van der Waals surface area contributed by atoms with Crippen molar-refractivity contribution in [2.24, 2.45) is 0 Å². The monoisotopic (exact) mass is 487 g/mol. The van der Waals surface area contributed by atoms with Crippen LogP contribution in [0.25, 0.3) is 11.4 Å². The molecule has 3 aromatic rings. The van der Waals surface area contributed by atoms with Gasteiger partial charge in [0.1, 0.15) is 10.6 Å². The van der Waals surface area contributed by atoms with Gasteiger partial charge in [-0.15, -0.1) is 0 Å². The first kappa shape index (κ1) is 25.1. The summed E-state index contributed by atoms with van der Waals surface area (Å²) >= 11 is 0. The summed E-state index contributed by atoms with van der Waals surface area (Å²) in [5.41, 5.74) is 2.23. The fraction of sp³-hybridized carbons (Fsp3) is 0.364. The standard InChI is InChI=1S/C22H29N7O4S/c1-14(13-30)25-19-11-18(22(2,3)34(4,32)33)27-20(28-19)15-5-7-16(8-6-15)26-21(31)23-12-17-9-10-24-29-17/h5-11,14,30H,12-13H2,1-4H3,(H,24,29)(H2,23,26,31)(H,25,27,28)/t14-/m0/s1. The van der Waals surface area contributed by atoms with Gasteiger partial charge in [-0.2, -0.15) is 5.10 Å². The van der Waals surface area contributed by atoms with E-state index >= 15 is 0 Å². The summed E-state index contributed by atoms with van der Waals surface area (Å²) in [5.74, 6) is 0.717. The minimum atomic E-state index is -3.48. The molecule has 0 unspecified atom stereocenters. The average Bonchev–Trinajstić information content (AvgIpc) is 3.31. The molecule has 0 spiro atoms. The van der Waals surface area contributed by atoms with E-state index in [1.165, 1.54) is 0 Å². The van der Waals surface area contributed by atoms with E-state index in [1.54, 1.807) is 63.4 Å². The Morgan fingerprint density at radius 1 is 1.18 bits per heavy atom. The highest BCUT2D eigenvalue weighted by Gasteiger charge is 2.35. The van der Waals surface area contributed by atoms with Crippen LogP contribution in [0.5, 0.6) is 0 Å². The number of amides is 2. The largest absolute Gasteiger partial charge is 0.394 e. The van der Waals surface area contributed by atoms with Crippen molar-refractivity contribution in [3.05, 3.63) is 54.0 Å². The number of carbonyl (C=O) groups is 1. The van der Waals surface area contributed by atoms with Gasteiger partial charge in [0, 0.05) is 35.8 Å². The minimum absolute atomic E-state index is 0.118. The predicted octanol–water partition coefficient (Wildman–Crippen LogP) is 2.26. The number of aliphatic hydroxyl groups excluding tert-OH is 1. The van der Waals surface area contributed by atoms with Gasteiger partial charge >= 0.3 is 6.03 Å². The third-order valence-electron chi connectivity index (χ3n) is 5.33. The van der Waals surface area contributed by atoms with Crippen molar-refractivity contribution in [3.8, 4) is 11.4 Å². The lowest BCUT2D eigenvalue weighted by Gasteiger charge is -2.23. The van der Waals surface area contributed by atoms with Crippen molar-refractivity contribution >= 4 is 27.4 Å². The smallest absolute Gasteiger partial charge is 0.319 e. The Hall–Kier alpha value is -3.51. The Morgan fingerprint density at radius 3 is 2.47 bits per heavy atom. The van der Waals surface area contributed by atoms with Crippen LogP contribution in [-0.4, -0.2) is 58.6 Å². The molecule has 0 aliphatic carbocycles. The molecule has 0 radical (unpaired) electrons. The summed E-state index contributed by atoms with van der Waals surface area (Å²) in [5, 5.41) is 24.5. The molecule has 34 heavy (non-hydrogen) atoms. The SMILES string of the molecule is C[C@@H](CO)Nc1cc(C(C)(C)S(C)(=O)=O)nc(-c2ccc(NC(=O)NCc3cc[nH]n3)cc2)n1. The van der Waals surface area contributed by atoms with Crippen molar-refractivity contribution in [1.82, 2.24) is 25.5 Å². The van der Waals surface area contributed by atoms with E-state index < -0.39 is 14.6 Å². The molecule has 0 aliphatic rings. The van der Waals surface area contributed by atoms with E-state index in [9.17, 15) is 18.3 Å². The van der Waals surface area contributed by atoms with E-state index in [2.05, 4.69) is 36.1 Å². The zero-order chi connectivity index (χ0) is 24.9. The quantitative estimate of drug-likeness (QED) is 0.307. The van der Waals surface area contributed by atoms with E-state index in [0.717, 1.165) is 6.26 Å². The molecule has 2 aromatic heterocycles. The topological polar surface area (TPSA) is 162 Å². The Balaban J connectivity index is 1.83. The zero-order valence-corrected chi connectivity index (χ0v) is 20.3. The minimum Gasteiger partial charge on any atom is -0.394 e. The Kier molecular flexibility index (Phi) is 7.52. The van der Waals surface area contributed by atoms with Crippen LogP contribution in [0.2, 0.25) is 0 Å². The molecule has 1 atom stereocenters. The van der Waals surface area contributed by atoms with Crippen LogP contribution in [0.3, 0.4) is 0 Å². The predicted molar refractivity (Wildman–Crippen MR) is 130 cm³/mol. The van der Waals surface area contributed by atoms with Gasteiger partial charge in [-0.05, 0) is 51.1 Å². The molecule has 12 heteroatoms. The van der Waals surface area contributed by atoms with Crippen molar-refractivity contribution in [3.63, 3.8) is 0 Å². The second-order valence-corrected chi connectivity index (χ2v) is 11.0. The number of carbonyl (C=O) groups excluding carboxylic acids is 1. The number of anilines is 2. The molecular formula is C22H29N7O4S. The third-order valence-corrected chi connectivity index (χ3v) is 7.39. The number of nitrogens with zero attached hydrogens (tertiary/aromatic N) is 3. The second-order valence-electron chi connectivity index (χ2n) is 8.42. The normalized spacial score (nSPS) is 12.7. The number of rotatable bonds is 9. The summed E-state index contributed by atoms with van der Waals surface area (Å²) in [6.45, 7) is 5.12. The van der Waals surface area contributed by atoms with Crippen LogP contribution in [0.15, 0.2) is 42.6 Å². The highest BCUT2D eigenvalue weighted by atomic mass is 32.2. The molecule has 0 aliphatic heterocycles. The lowest BCUT2D eigenvalue weighted by Crippen LogP contribution is -2.30. The molecule has 5 N–H and O–H groups in total. The van der Waals surface area contributed by atoms with Crippen LogP contribution >= 0.6 is 0 Å². The van der Waals surface area contributed by atoms with Gasteiger partial charge in [-0.1, -0.05) is 0 Å². The summed E-state index contributed by atoms with van der Waals surface area (Å²) in [6.07, 6.45) is 2.84. The molecule has 0 fully saturated rings. The number of hydrogen-bond acceptors (Lipinski definition) is 8. The molecule has 2 heterocycles. The summed E-state index contributed by atoms with van der Waals surface area (Å²) in [7, 11) is -3.48. The van der Waals surface area contributed by atoms with Crippen molar-refractivity contribution in [2.45, 2.75) is 38.1 Å². The van der Waals surface area contributed by atoms with Crippen LogP contribution in [0.4, 0.5) is 16.3 Å². The first-order valence-electron chi connectivity index (χ1n) is 10.6. The number of aromatic amines is 1. The maximum atomic E-state index is 12.4. The number of nitrogens with one attached hydrogen (secondary N) is 4. The Labute approximate surface area is 198 Å². The van der Waals surface area contributed by atoms with Gasteiger partial charge in [0.2, 0.25) is 0 Å². The zero-order valence-electron chi connectivity index (χ0n) is 19.5. The fourth-order valence-electron chi connectivity index (χ4n) is 2.88. The van der Waals surface area contributed by atoms with E-state index in [0.29, 0.717) is 34.3 Å².